The first kappa shape index (κ1) is 19.7. The molecule has 1 amide bonds. The van der Waals surface area contributed by atoms with E-state index >= 15 is 0 Å². The second kappa shape index (κ2) is 11.1. The first-order valence-corrected chi connectivity index (χ1v) is 9.93. The molecule has 134 valence electrons. The number of carbonyl (C=O) groups is 1. The van der Waals surface area contributed by atoms with E-state index in [2.05, 4.69) is 29.4 Å². The maximum absolute atomic E-state index is 11.9. The van der Waals surface area contributed by atoms with Crippen LogP contribution in [0, 0.1) is 0 Å². The normalized spacial score (nSPS) is 10.5. The third-order valence-electron chi connectivity index (χ3n) is 3.82. The van der Waals surface area contributed by atoms with Crippen molar-refractivity contribution in [3.05, 3.63) is 59.6 Å². The zero-order valence-electron chi connectivity index (χ0n) is 14.6. The maximum Gasteiger partial charge on any atom is 0.220 e. The minimum absolute atomic E-state index is 0.138. The fraction of sp³-hybridized carbons (Fsp3) is 0.350. The summed E-state index contributed by atoms with van der Waals surface area (Å²) in [7, 11) is 2.07. The van der Waals surface area contributed by atoms with Crippen LogP contribution in [0.4, 0.5) is 5.69 Å². The SMILES string of the molecule is CN(CCCNC(=O)CCCSc1ccc(Cl)cc1)c1ccccc1. The molecular formula is C20H25ClN2OS. The maximum atomic E-state index is 11.9. The summed E-state index contributed by atoms with van der Waals surface area (Å²) in [5, 5.41) is 3.75. The third-order valence-corrected chi connectivity index (χ3v) is 5.17. The van der Waals surface area contributed by atoms with E-state index in [1.807, 2.05) is 42.5 Å². The van der Waals surface area contributed by atoms with Gasteiger partial charge < -0.3 is 10.2 Å². The van der Waals surface area contributed by atoms with Crippen molar-refractivity contribution in [1.82, 2.24) is 5.32 Å². The topological polar surface area (TPSA) is 32.3 Å². The number of hydrogen-bond donors (Lipinski definition) is 1. The molecule has 3 nitrogen and oxygen atoms in total. The standard InChI is InChI=1S/C20H25ClN2OS/c1-23(18-7-3-2-4-8-18)15-6-14-22-20(24)9-5-16-25-19-12-10-17(21)11-13-19/h2-4,7-8,10-13H,5-6,9,14-16H2,1H3,(H,22,24). The van der Waals surface area contributed by atoms with E-state index in [1.165, 1.54) is 10.6 Å². The van der Waals surface area contributed by atoms with Gasteiger partial charge in [-0.3, -0.25) is 4.79 Å². The van der Waals surface area contributed by atoms with E-state index in [9.17, 15) is 4.79 Å². The molecule has 0 fully saturated rings. The number of amides is 1. The lowest BCUT2D eigenvalue weighted by Gasteiger charge is -2.19. The number of nitrogens with one attached hydrogen (secondary N) is 1. The van der Waals surface area contributed by atoms with Crippen LogP contribution in [0.1, 0.15) is 19.3 Å². The van der Waals surface area contributed by atoms with Crippen LogP contribution in [-0.4, -0.2) is 31.8 Å². The molecule has 0 saturated heterocycles. The molecule has 5 heteroatoms. The molecule has 0 radical (unpaired) electrons. The van der Waals surface area contributed by atoms with E-state index in [1.54, 1.807) is 11.8 Å². The number of halogens is 1. The number of carbonyl (C=O) groups excluding carboxylic acids is 1. The predicted octanol–water partition coefficient (Wildman–Crippen LogP) is 4.86. The molecule has 0 aliphatic rings. The molecule has 1 N–H and O–H groups in total. The Labute approximate surface area is 159 Å². The highest BCUT2D eigenvalue weighted by atomic mass is 35.5. The summed E-state index contributed by atoms with van der Waals surface area (Å²) in [6.07, 6.45) is 2.40. The Kier molecular flexibility index (Phi) is 8.70. The van der Waals surface area contributed by atoms with Gasteiger partial charge in [-0.25, -0.2) is 0 Å². The van der Waals surface area contributed by atoms with E-state index < -0.39 is 0 Å². The number of rotatable bonds is 10. The van der Waals surface area contributed by atoms with E-state index in [4.69, 9.17) is 11.6 Å². The lowest BCUT2D eigenvalue weighted by Crippen LogP contribution is -2.28. The average molecular weight is 377 g/mol. The summed E-state index contributed by atoms with van der Waals surface area (Å²) in [5.41, 5.74) is 1.20. The van der Waals surface area contributed by atoms with Crippen molar-refractivity contribution in [2.45, 2.75) is 24.2 Å². The first-order chi connectivity index (χ1) is 12.1. The van der Waals surface area contributed by atoms with Crippen LogP contribution in [0.15, 0.2) is 59.5 Å². The van der Waals surface area contributed by atoms with Gasteiger partial charge in [0.05, 0.1) is 0 Å². The van der Waals surface area contributed by atoms with Crippen molar-refractivity contribution in [1.29, 1.82) is 0 Å². The summed E-state index contributed by atoms with van der Waals surface area (Å²) >= 11 is 7.62. The Balaban J connectivity index is 1.51. The van der Waals surface area contributed by atoms with Crippen LogP contribution >= 0.6 is 23.4 Å². The Morgan fingerprint density at radius 3 is 2.52 bits per heavy atom. The molecule has 0 aromatic heterocycles. The predicted molar refractivity (Wildman–Crippen MR) is 109 cm³/mol. The molecule has 25 heavy (non-hydrogen) atoms. The number of nitrogens with zero attached hydrogens (tertiary/aromatic N) is 1. The molecule has 2 aromatic carbocycles. The quantitative estimate of drug-likeness (QED) is 0.475. The molecule has 0 bridgehead atoms. The Bertz CT molecular complexity index is 634. The van der Waals surface area contributed by atoms with Crippen molar-refractivity contribution in [3.63, 3.8) is 0 Å². The van der Waals surface area contributed by atoms with E-state index in [-0.39, 0.29) is 5.91 Å². The van der Waals surface area contributed by atoms with E-state index in [0.29, 0.717) is 6.42 Å². The van der Waals surface area contributed by atoms with Gasteiger partial charge in [-0.1, -0.05) is 29.8 Å². The first-order valence-electron chi connectivity index (χ1n) is 8.56. The molecule has 0 spiro atoms. The zero-order valence-corrected chi connectivity index (χ0v) is 16.2. The summed E-state index contributed by atoms with van der Waals surface area (Å²) < 4.78 is 0. The second-order valence-corrected chi connectivity index (χ2v) is 7.47. The highest BCUT2D eigenvalue weighted by Crippen LogP contribution is 2.21. The van der Waals surface area contributed by atoms with Crippen molar-refractivity contribution in [3.8, 4) is 0 Å². The number of hydrogen-bond acceptors (Lipinski definition) is 3. The number of benzene rings is 2. The summed E-state index contributed by atoms with van der Waals surface area (Å²) in [6, 6.07) is 18.1. The van der Waals surface area contributed by atoms with Gasteiger partial charge >= 0.3 is 0 Å². The summed E-state index contributed by atoms with van der Waals surface area (Å²) in [5.74, 6) is 1.07. The largest absolute Gasteiger partial charge is 0.375 e. The van der Waals surface area contributed by atoms with Gasteiger partial charge in [-0.05, 0) is 55.0 Å². The van der Waals surface area contributed by atoms with Crippen molar-refractivity contribution >= 4 is 35.0 Å². The zero-order chi connectivity index (χ0) is 17.9. The number of para-hydroxylation sites is 1. The van der Waals surface area contributed by atoms with Gasteiger partial charge in [0.2, 0.25) is 5.91 Å². The lowest BCUT2D eigenvalue weighted by atomic mass is 10.3. The highest BCUT2D eigenvalue weighted by Gasteiger charge is 2.03. The minimum atomic E-state index is 0.138. The monoisotopic (exact) mass is 376 g/mol. The fourth-order valence-corrected chi connectivity index (χ4v) is 3.38. The second-order valence-electron chi connectivity index (χ2n) is 5.87. The summed E-state index contributed by atoms with van der Waals surface area (Å²) in [6.45, 7) is 1.65. The average Bonchev–Trinajstić information content (AvgIpc) is 2.64. The molecule has 2 aromatic rings. The molecule has 0 atom stereocenters. The van der Waals surface area contributed by atoms with E-state index in [0.717, 1.165) is 36.7 Å². The minimum Gasteiger partial charge on any atom is -0.375 e. The highest BCUT2D eigenvalue weighted by molar-refractivity contribution is 7.99. The Hall–Kier alpha value is -1.65. The van der Waals surface area contributed by atoms with Crippen molar-refractivity contribution in [2.24, 2.45) is 0 Å². The fourth-order valence-electron chi connectivity index (χ4n) is 2.40. The molecule has 0 unspecified atom stereocenters. The molecule has 2 rings (SSSR count). The molecule has 0 saturated carbocycles. The van der Waals surface area contributed by atoms with Crippen LogP contribution < -0.4 is 10.2 Å². The smallest absolute Gasteiger partial charge is 0.220 e. The number of anilines is 1. The van der Waals surface area contributed by atoms with Crippen molar-refractivity contribution in [2.75, 3.05) is 30.8 Å². The van der Waals surface area contributed by atoms with Crippen molar-refractivity contribution < 1.29 is 4.79 Å². The molecular weight excluding hydrogens is 352 g/mol. The van der Waals surface area contributed by atoms with Crippen LogP contribution in [0.2, 0.25) is 5.02 Å². The van der Waals surface area contributed by atoms with Gasteiger partial charge in [0.1, 0.15) is 0 Å². The Morgan fingerprint density at radius 2 is 1.80 bits per heavy atom. The van der Waals surface area contributed by atoms with Crippen LogP contribution in [0.25, 0.3) is 0 Å². The molecule has 0 aliphatic heterocycles. The van der Waals surface area contributed by atoms with Crippen LogP contribution in [-0.2, 0) is 4.79 Å². The van der Waals surface area contributed by atoms with Gasteiger partial charge in [0, 0.05) is 42.2 Å². The molecule has 0 aliphatic carbocycles. The van der Waals surface area contributed by atoms with Crippen LogP contribution in [0.3, 0.4) is 0 Å². The van der Waals surface area contributed by atoms with Crippen LogP contribution in [0.5, 0.6) is 0 Å². The number of thioether (sulfide) groups is 1. The Morgan fingerprint density at radius 1 is 1.08 bits per heavy atom. The van der Waals surface area contributed by atoms with Gasteiger partial charge in [0.25, 0.3) is 0 Å². The third kappa shape index (κ3) is 7.84. The van der Waals surface area contributed by atoms with Gasteiger partial charge in [0.15, 0.2) is 0 Å². The lowest BCUT2D eigenvalue weighted by molar-refractivity contribution is -0.121. The van der Waals surface area contributed by atoms with Gasteiger partial charge in [-0.15, -0.1) is 11.8 Å². The van der Waals surface area contributed by atoms with Gasteiger partial charge in [-0.2, -0.15) is 0 Å². The summed E-state index contributed by atoms with van der Waals surface area (Å²) in [4.78, 5) is 15.3. The molecule has 0 heterocycles.